The average Bonchev–Trinajstić information content (AvgIpc) is 2.50. The number of allylic oxidation sites excluding steroid dienone is 1. The Morgan fingerprint density at radius 2 is 1.71 bits per heavy atom. The van der Waals surface area contributed by atoms with Crippen molar-refractivity contribution in [2.45, 2.75) is 59.3 Å². The highest BCUT2D eigenvalue weighted by molar-refractivity contribution is 5.86. The maximum atomic E-state index is 12.3. The normalized spacial score (nSPS) is 11.2. The molecule has 0 radical (unpaired) electrons. The summed E-state index contributed by atoms with van der Waals surface area (Å²) < 4.78 is 10.6. The van der Waals surface area contributed by atoms with E-state index < -0.39 is 23.4 Å². The largest absolute Gasteiger partial charge is 0.444 e. The van der Waals surface area contributed by atoms with Gasteiger partial charge in [-0.1, -0.05) is 12.6 Å². The molecule has 1 aromatic carbocycles. The monoisotopic (exact) mass is 387 g/mol. The topological polar surface area (TPSA) is 91.7 Å². The molecule has 0 aromatic heterocycles. The van der Waals surface area contributed by atoms with E-state index in [1.807, 2.05) is 6.07 Å². The summed E-state index contributed by atoms with van der Waals surface area (Å²) in [6, 6.07) is 7.02. The molecule has 0 saturated heterocycles. The molecule has 2 amide bonds. The molecule has 152 valence electrons. The molecule has 0 aliphatic rings. The lowest BCUT2D eigenvalue weighted by molar-refractivity contribution is 0.0284. The third-order valence-electron chi connectivity index (χ3n) is 3.32. The summed E-state index contributed by atoms with van der Waals surface area (Å²) in [6.07, 6.45) is -1.09. The van der Waals surface area contributed by atoms with Crippen molar-refractivity contribution in [1.82, 2.24) is 4.90 Å². The molecule has 1 N–H and O–H groups in total. The van der Waals surface area contributed by atoms with Crippen LogP contribution in [0.2, 0.25) is 0 Å². The molecule has 0 unspecified atom stereocenters. The summed E-state index contributed by atoms with van der Waals surface area (Å²) in [5.74, 6) is 0. The first-order valence-corrected chi connectivity index (χ1v) is 8.88. The SMILES string of the molecule is C=C(C#N)c1ccc(NC(=O)OC(C)(C)C)cc1CN(C)C(=O)OC(C)(C)C. The van der Waals surface area contributed by atoms with Crippen LogP contribution in [0.4, 0.5) is 15.3 Å². The van der Waals surface area contributed by atoms with Gasteiger partial charge in [0.1, 0.15) is 11.2 Å². The van der Waals surface area contributed by atoms with E-state index in [4.69, 9.17) is 9.47 Å². The molecule has 0 saturated carbocycles. The molecule has 0 spiro atoms. The van der Waals surface area contributed by atoms with Gasteiger partial charge in [0, 0.05) is 19.3 Å². The van der Waals surface area contributed by atoms with Crippen LogP contribution in [0.1, 0.15) is 52.7 Å². The van der Waals surface area contributed by atoms with Crippen LogP contribution in [0.15, 0.2) is 24.8 Å². The molecule has 1 aromatic rings. The number of hydrogen-bond donors (Lipinski definition) is 1. The van der Waals surface area contributed by atoms with Crippen molar-refractivity contribution >= 4 is 23.4 Å². The van der Waals surface area contributed by atoms with Crippen molar-refractivity contribution in [2.24, 2.45) is 0 Å². The van der Waals surface area contributed by atoms with Gasteiger partial charge in [0.05, 0.1) is 11.6 Å². The number of nitrogens with one attached hydrogen (secondary N) is 1. The van der Waals surface area contributed by atoms with Crippen LogP contribution in [0.25, 0.3) is 5.57 Å². The number of amides is 2. The van der Waals surface area contributed by atoms with Crippen LogP contribution in [0, 0.1) is 11.3 Å². The number of carbonyl (C=O) groups excluding carboxylic acids is 2. The predicted octanol–water partition coefficient (Wildman–Crippen LogP) is 4.94. The van der Waals surface area contributed by atoms with Crippen molar-refractivity contribution < 1.29 is 19.1 Å². The van der Waals surface area contributed by atoms with Gasteiger partial charge < -0.3 is 14.4 Å². The Kier molecular flexibility index (Phi) is 7.23. The van der Waals surface area contributed by atoms with Crippen molar-refractivity contribution in [3.8, 4) is 6.07 Å². The third kappa shape index (κ3) is 7.70. The Balaban J connectivity index is 3.09. The zero-order valence-corrected chi connectivity index (χ0v) is 17.7. The minimum Gasteiger partial charge on any atom is -0.444 e. The van der Waals surface area contributed by atoms with Gasteiger partial charge in [0.15, 0.2) is 0 Å². The number of carbonyl (C=O) groups is 2. The van der Waals surface area contributed by atoms with Crippen molar-refractivity contribution in [3.63, 3.8) is 0 Å². The van der Waals surface area contributed by atoms with Crippen LogP contribution >= 0.6 is 0 Å². The van der Waals surface area contributed by atoms with Crippen LogP contribution < -0.4 is 5.32 Å². The Bertz CT molecular complexity index is 795. The van der Waals surface area contributed by atoms with E-state index in [2.05, 4.69) is 11.9 Å². The van der Waals surface area contributed by atoms with E-state index in [-0.39, 0.29) is 12.1 Å². The van der Waals surface area contributed by atoms with Gasteiger partial charge in [-0.3, -0.25) is 5.32 Å². The van der Waals surface area contributed by atoms with E-state index >= 15 is 0 Å². The Labute approximate surface area is 166 Å². The number of anilines is 1. The zero-order chi connectivity index (χ0) is 21.7. The zero-order valence-electron chi connectivity index (χ0n) is 17.7. The van der Waals surface area contributed by atoms with Gasteiger partial charge in [-0.05, 0) is 64.8 Å². The number of benzene rings is 1. The molecule has 0 aliphatic carbocycles. The second-order valence-electron chi connectivity index (χ2n) is 8.43. The molecule has 0 atom stereocenters. The maximum absolute atomic E-state index is 12.3. The van der Waals surface area contributed by atoms with E-state index in [0.29, 0.717) is 16.8 Å². The fourth-order valence-electron chi connectivity index (χ4n) is 2.24. The summed E-state index contributed by atoms with van der Waals surface area (Å²) in [5, 5.41) is 11.9. The number of hydrogen-bond acceptors (Lipinski definition) is 5. The number of nitriles is 1. The first-order chi connectivity index (χ1) is 12.7. The van der Waals surface area contributed by atoms with Crippen LogP contribution in [0.3, 0.4) is 0 Å². The third-order valence-corrected chi connectivity index (χ3v) is 3.32. The first kappa shape index (κ1) is 23.0. The predicted molar refractivity (Wildman–Crippen MR) is 109 cm³/mol. The highest BCUT2D eigenvalue weighted by Crippen LogP contribution is 2.24. The molecule has 0 bridgehead atoms. The van der Waals surface area contributed by atoms with Gasteiger partial charge in [-0.15, -0.1) is 0 Å². The first-order valence-electron chi connectivity index (χ1n) is 8.88. The van der Waals surface area contributed by atoms with Crippen LogP contribution in [-0.2, 0) is 16.0 Å². The fourth-order valence-corrected chi connectivity index (χ4v) is 2.24. The van der Waals surface area contributed by atoms with Gasteiger partial charge in [-0.25, -0.2) is 9.59 Å². The number of rotatable bonds is 4. The summed E-state index contributed by atoms with van der Waals surface area (Å²) in [6.45, 7) is 14.6. The molecular formula is C21H29N3O4. The Morgan fingerprint density at radius 1 is 1.14 bits per heavy atom. The molecule has 0 heterocycles. The average molecular weight is 387 g/mol. The second-order valence-corrected chi connectivity index (χ2v) is 8.43. The molecular weight excluding hydrogens is 358 g/mol. The van der Waals surface area contributed by atoms with Gasteiger partial charge in [0.2, 0.25) is 0 Å². The molecule has 28 heavy (non-hydrogen) atoms. The van der Waals surface area contributed by atoms with Crippen molar-refractivity contribution in [3.05, 3.63) is 35.9 Å². The molecule has 7 nitrogen and oxygen atoms in total. The molecule has 0 aliphatic heterocycles. The smallest absolute Gasteiger partial charge is 0.412 e. The lowest BCUT2D eigenvalue weighted by Gasteiger charge is -2.25. The lowest BCUT2D eigenvalue weighted by atomic mass is 10.0. The van der Waals surface area contributed by atoms with Gasteiger partial charge in [-0.2, -0.15) is 5.26 Å². The summed E-state index contributed by atoms with van der Waals surface area (Å²) in [5.41, 5.74) is 0.734. The van der Waals surface area contributed by atoms with E-state index in [1.165, 1.54) is 4.90 Å². The van der Waals surface area contributed by atoms with Crippen molar-refractivity contribution in [1.29, 1.82) is 5.26 Å². The van der Waals surface area contributed by atoms with Gasteiger partial charge >= 0.3 is 12.2 Å². The quantitative estimate of drug-likeness (QED) is 0.739. The summed E-state index contributed by atoms with van der Waals surface area (Å²) >= 11 is 0. The van der Waals surface area contributed by atoms with Crippen LogP contribution in [-0.4, -0.2) is 35.3 Å². The van der Waals surface area contributed by atoms with Crippen molar-refractivity contribution in [2.75, 3.05) is 12.4 Å². The van der Waals surface area contributed by atoms with Gasteiger partial charge in [0.25, 0.3) is 0 Å². The van der Waals surface area contributed by atoms with E-state index in [0.717, 1.165) is 0 Å². The number of ether oxygens (including phenoxy) is 2. The Morgan fingerprint density at radius 3 is 2.21 bits per heavy atom. The highest BCUT2D eigenvalue weighted by Gasteiger charge is 2.21. The fraction of sp³-hybridized carbons (Fsp3) is 0.476. The summed E-state index contributed by atoms with van der Waals surface area (Å²) in [7, 11) is 1.60. The lowest BCUT2D eigenvalue weighted by Crippen LogP contribution is -2.34. The molecule has 1 rings (SSSR count). The molecule has 7 heteroatoms. The minimum atomic E-state index is -0.626. The van der Waals surface area contributed by atoms with E-state index in [1.54, 1.807) is 66.8 Å². The number of nitrogens with zero attached hydrogens (tertiary/aromatic N) is 2. The maximum Gasteiger partial charge on any atom is 0.412 e. The second kappa shape index (κ2) is 8.79. The highest BCUT2D eigenvalue weighted by atomic mass is 16.6. The minimum absolute atomic E-state index is 0.175. The molecule has 0 fully saturated rings. The van der Waals surface area contributed by atoms with E-state index in [9.17, 15) is 14.9 Å². The van der Waals surface area contributed by atoms with Crippen LogP contribution in [0.5, 0.6) is 0 Å². The standard InChI is InChI=1S/C21H29N3O4/c1-14(12-22)17-10-9-16(23-18(25)27-20(2,3)4)11-15(17)13-24(8)19(26)28-21(5,6)7/h9-11H,1,13H2,2-8H3,(H,23,25). The Hall–Kier alpha value is -3.01. The summed E-state index contributed by atoms with van der Waals surface area (Å²) in [4.78, 5) is 25.7.